The monoisotopic (exact) mass is 558 g/mol. The molecule has 2 unspecified atom stereocenters. The van der Waals surface area contributed by atoms with Gasteiger partial charge in [-0.3, -0.25) is 14.5 Å². The van der Waals surface area contributed by atoms with Crippen LogP contribution < -0.4 is 9.64 Å². The summed E-state index contributed by atoms with van der Waals surface area (Å²) in [5.74, 6) is -1.52. The number of Topliss-reactive ketones (excluding diaryl/α,β-unsaturated/α-hetero) is 1. The minimum Gasteiger partial charge on any atom is -0.507 e. The molecule has 0 saturated carbocycles. The van der Waals surface area contributed by atoms with Crippen molar-refractivity contribution < 1.29 is 29.0 Å². The van der Waals surface area contributed by atoms with Gasteiger partial charge >= 0.3 is 11.9 Å². The van der Waals surface area contributed by atoms with E-state index in [2.05, 4.69) is 25.4 Å². The number of nitrogens with zero attached hydrogens (tertiary/aromatic N) is 2. The van der Waals surface area contributed by atoms with Crippen LogP contribution >= 0.6 is 11.3 Å². The number of fused-ring (bicyclic) bond motifs is 1. The molecule has 2 aliphatic heterocycles. The van der Waals surface area contributed by atoms with Gasteiger partial charge in [0, 0.05) is 12.0 Å². The van der Waals surface area contributed by atoms with Crippen molar-refractivity contribution in [1.82, 2.24) is 4.98 Å². The minimum atomic E-state index is -0.952. The van der Waals surface area contributed by atoms with Crippen molar-refractivity contribution in [2.75, 3.05) is 11.5 Å². The molecule has 5 rings (SSSR count). The van der Waals surface area contributed by atoms with Crippen LogP contribution in [0.4, 0.5) is 5.13 Å². The highest BCUT2D eigenvalue weighted by Gasteiger charge is 2.48. The average molecular weight is 559 g/mol. The van der Waals surface area contributed by atoms with Gasteiger partial charge < -0.3 is 14.6 Å². The third kappa shape index (κ3) is 4.81. The Morgan fingerprint density at radius 1 is 1.25 bits per heavy atom. The zero-order valence-electron chi connectivity index (χ0n) is 22.8. The fraction of sp³-hybridized carbons (Fsp3) is 0.290. The molecular formula is C31H30N2O6S. The average Bonchev–Trinajstić information content (AvgIpc) is 3.58. The first-order chi connectivity index (χ1) is 19.1. The number of aryl methyl sites for hydroxylation is 1. The second-order valence-electron chi connectivity index (χ2n) is 10.2. The lowest BCUT2D eigenvalue weighted by atomic mass is 9.93. The molecule has 0 spiro atoms. The molecule has 2 aromatic carbocycles. The van der Waals surface area contributed by atoms with E-state index in [1.54, 1.807) is 25.1 Å². The fourth-order valence-electron chi connectivity index (χ4n) is 5.01. The summed E-state index contributed by atoms with van der Waals surface area (Å²) in [6.07, 6.45) is 2.15. The zero-order valence-corrected chi connectivity index (χ0v) is 23.6. The number of aliphatic hydroxyl groups excluding tert-OH is 1. The third-order valence-corrected chi connectivity index (χ3v) is 8.18. The Balaban J connectivity index is 1.65. The van der Waals surface area contributed by atoms with Crippen LogP contribution in [0.2, 0.25) is 0 Å². The van der Waals surface area contributed by atoms with Gasteiger partial charge in [-0.2, -0.15) is 0 Å². The Morgan fingerprint density at radius 3 is 2.65 bits per heavy atom. The van der Waals surface area contributed by atoms with Crippen LogP contribution in [-0.2, 0) is 20.7 Å². The number of amides is 1. The van der Waals surface area contributed by atoms with Crippen molar-refractivity contribution in [3.05, 3.63) is 93.5 Å². The van der Waals surface area contributed by atoms with Crippen molar-refractivity contribution in [1.29, 1.82) is 0 Å². The molecule has 2 atom stereocenters. The number of esters is 1. The van der Waals surface area contributed by atoms with E-state index < -0.39 is 23.7 Å². The van der Waals surface area contributed by atoms with Crippen LogP contribution in [0.5, 0.6) is 5.75 Å². The number of aromatic nitrogens is 1. The van der Waals surface area contributed by atoms with Crippen LogP contribution in [0.3, 0.4) is 0 Å². The maximum atomic E-state index is 13.6. The van der Waals surface area contributed by atoms with Gasteiger partial charge in [0.05, 0.1) is 17.3 Å². The lowest BCUT2D eigenvalue weighted by Gasteiger charge is -2.23. The molecular weight excluding hydrogens is 528 g/mol. The fourth-order valence-corrected chi connectivity index (χ4v) is 6.00. The molecule has 1 fully saturated rings. The highest BCUT2D eigenvalue weighted by atomic mass is 32.1. The quantitative estimate of drug-likeness (QED) is 0.127. The first kappa shape index (κ1) is 27.3. The van der Waals surface area contributed by atoms with Crippen molar-refractivity contribution >= 4 is 39.9 Å². The lowest BCUT2D eigenvalue weighted by molar-refractivity contribution is -0.132. The second kappa shape index (κ2) is 10.7. The van der Waals surface area contributed by atoms with E-state index in [1.165, 1.54) is 11.0 Å². The Kier molecular flexibility index (Phi) is 7.33. The number of hydrogen-bond donors (Lipinski definition) is 1. The van der Waals surface area contributed by atoms with Crippen LogP contribution in [0, 0.1) is 6.92 Å². The van der Waals surface area contributed by atoms with Gasteiger partial charge in [0.1, 0.15) is 29.1 Å². The number of hydrogen-bond acceptors (Lipinski definition) is 8. The van der Waals surface area contributed by atoms with Gasteiger partial charge in [0.25, 0.3) is 5.78 Å². The summed E-state index contributed by atoms with van der Waals surface area (Å²) >= 11 is 0.966. The number of ether oxygens (including phenoxy) is 2. The van der Waals surface area contributed by atoms with Crippen LogP contribution in [0.15, 0.2) is 60.7 Å². The van der Waals surface area contributed by atoms with Gasteiger partial charge in [0.2, 0.25) is 0 Å². The van der Waals surface area contributed by atoms with Crippen LogP contribution in [-0.4, -0.2) is 40.5 Å². The van der Waals surface area contributed by atoms with E-state index in [-0.39, 0.29) is 40.0 Å². The van der Waals surface area contributed by atoms with E-state index in [4.69, 9.17) is 9.47 Å². The first-order valence-corrected chi connectivity index (χ1v) is 13.9. The molecule has 0 aliphatic carbocycles. The molecule has 0 bridgehead atoms. The van der Waals surface area contributed by atoms with Crippen LogP contribution in [0.1, 0.15) is 70.4 Å². The number of aliphatic hydroxyl groups is 1. The van der Waals surface area contributed by atoms with Crippen LogP contribution in [0.25, 0.3) is 5.76 Å². The number of benzene rings is 2. The highest BCUT2D eigenvalue weighted by Crippen LogP contribution is 2.44. The minimum absolute atomic E-state index is 0.0120. The predicted molar refractivity (Wildman–Crippen MR) is 153 cm³/mol. The molecule has 206 valence electrons. The molecule has 8 nitrogen and oxygen atoms in total. The predicted octanol–water partition coefficient (Wildman–Crippen LogP) is 5.87. The summed E-state index contributed by atoms with van der Waals surface area (Å²) in [5, 5.41) is 11.7. The number of carbonyl (C=O) groups is 3. The summed E-state index contributed by atoms with van der Waals surface area (Å²) in [4.78, 5) is 45.7. The van der Waals surface area contributed by atoms with E-state index >= 15 is 0 Å². The SMILES string of the molecule is C=CCOC(=O)c1sc(N2C(=O)C(=O)/C(=C(/O)c3ccc4c(c3)CC(C)O4)C2c2ccc(C(C)C)cc2)nc1C. The maximum Gasteiger partial charge on any atom is 0.350 e. The summed E-state index contributed by atoms with van der Waals surface area (Å²) < 4.78 is 11.0. The maximum absolute atomic E-state index is 13.6. The number of thiazole rings is 1. The van der Waals surface area contributed by atoms with E-state index in [0.717, 1.165) is 28.2 Å². The zero-order chi connectivity index (χ0) is 28.7. The molecule has 40 heavy (non-hydrogen) atoms. The van der Waals surface area contributed by atoms with Gasteiger partial charge in [-0.15, -0.1) is 0 Å². The summed E-state index contributed by atoms with van der Waals surface area (Å²) in [5.41, 5.74) is 3.39. The molecule has 3 heterocycles. The lowest BCUT2D eigenvalue weighted by Crippen LogP contribution is -2.29. The van der Waals surface area contributed by atoms with E-state index in [1.807, 2.05) is 31.2 Å². The number of rotatable bonds is 7. The summed E-state index contributed by atoms with van der Waals surface area (Å²) in [6.45, 7) is 11.3. The Bertz CT molecular complexity index is 1550. The Hall–Kier alpha value is -4.24. The molecule has 1 N–H and O–H groups in total. The van der Waals surface area contributed by atoms with Gasteiger partial charge in [0.15, 0.2) is 5.13 Å². The smallest absolute Gasteiger partial charge is 0.350 e. The van der Waals surface area contributed by atoms with Gasteiger partial charge in [-0.1, -0.05) is 62.1 Å². The Morgan fingerprint density at radius 2 is 1.98 bits per heavy atom. The summed E-state index contributed by atoms with van der Waals surface area (Å²) in [7, 11) is 0. The summed E-state index contributed by atoms with van der Waals surface area (Å²) in [6, 6.07) is 11.9. The topological polar surface area (TPSA) is 106 Å². The molecule has 9 heteroatoms. The molecule has 1 saturated heterocycles. The van der Waals surface area contributed by atoms with E-state index in [9.17, 15) is 19.5 Å². The van der Waals surface area contributed by atoms with Crippen molar-refractivity contribution in [2.45, 2.75) is 52.2 Å². The standard InChI is InChI=1S/C31H30N2O6S/c1-6-13-38-30(37)28-18(5)32-31(40-28)33-25(20-9-7-19(8-10-20)16(2)3)24(27(35)29(33)36)26(34)21-11-12-23-22(15-21)14-17(4)39-23/h6-12,15-17,25,34H,1,13-14H2,2-5H3/b26-24+. The molecule has 2 aliphatic rings. The molecule has 0 radical (unpaired) electrons. The second-order valence-corrected chi connectivity index (χ2v) is 11.2. The van der Waals surface area contributed by atoms with Crippen molar-refractivity contribution in [3.8, 4) is 5.75 Å². The molecule has 1 amide bonds. The molecule has 3 aromatic rings. The van der Waals surface area contributed by atoms with Gasteiger partial charge in [-0.25, -0.2) is 9.78 Å². The largest absolute Gasteiger partial charge is 0.507 e. The number of ketones is 1. The third-order valence-electron chi connectivity index (χ3n) is 7.04. The first-order valence-electron chi connectivity index (χ1n) is 13.1. The number of carbonyl (C=O) groups excluding carboxylic acids is 3. The normalized spacial score (nSPS) is 19.6. The van der Waals surface area contributed by atoms with Crippen molar-refractivity contribution in [2.24, 2.45) is 0 Å². The van der Waals surface area contributed by atoms with Crippen molar-refractivity contribution in [3.63, 3.8) is 0 Å². The van der Waals surface area contributed by atoms with Gasteiger partial charge in [-0.05, 0) is 54.7 Å². The highest BCUT2D eigenvalue weighted by molar-refractivity contribution is 7.17. The Labute approximate surface area is 236 Å². The number of anilines is 1. The molecule has 1 aromatic heterocycles. The van der Waals surface area contributed by atoms with E-state index in [0.29, 0.717) is 23.2 Å².